The van der Waals surface area contributed by atoms with Gasteiger partial charge in [0.05, 0.1) is 12.3 Å². The number of ether oxygens (including phenoxy) is 1. The lowest BCUT2D eigenvalue weighted by molar-refractivity contribution is 0.0526. The molecule has 0 aromatic carbocycles. The fourth-order valence-electron chi connectivity index (χ4n) is 2.18. The summed E-state index contributed by atoms with van der Waals surface area (Å²) in [6.07, 6.45) is 5.40. The van der Waals surface area contributed by atoms with Crippen LogP contribution in [0.3, 0.4) is 0 Å². The Morgan fingerprint density at radius 3 is 2.92 bits per heavy atom. The lowest BCUT2D eigenvalue weighted by Gasteiger charge is -2.05. The van der Waals surface area contributed by atoms with Crippen molar-refractivity contribution in [2.45, 2.75) is 24.8 Å². The van der Waals surface area contributed by atoms with Crippen LogP contribution in [0.2, 0.25) is 0 Å². The smallest absolute Gasteiger partial charge is 0.343 e. The first-order valence-corrected chi connectivity index (χ1v) is 8.42. The van der Waals surface area contributed by atoms with E-state index in [4.69, 9.17) is 10.5 Å². The Kier molecular flexibility index (Phi) is 4.66. The van der Waals surface area contributed by atoms with Crippen molar-refractivity contribution in [1.29, 1.82) is 0 Å². The van der Waals surface area contributed by atoms with E-state index in [-0.39, 0.29) is 18.0 Å². The van der Waals surface area contributed by atoms with Gasteiger partial charge in [0.1, 0.15) is 17.0 Å². The molecule has 0 aliphatic rings. The van der Waals surface area contributed by atoms with Gasteiger partial charge >= 0.3 is 5.97 Å². The van der Waals surface area contributed by atoms with Gasteiger partial charge in [0.25, 0.3) is 0 Å². The molecule has 0 fully saturated rings. The maximum absolute atomic E-state index is 11.7. The molecule has 0 atom stereocenters. The SMILES string of the molecule is CCOC(=O)c1cnc(SCc2cn3cc(C)ccc3n2)nc1N. The summed E-state index contributed by atoms with van der Waals surface area (Å²) in [5.74, 6) is 0.220. The molecule has 0 aliphatic carbocycles. The lowest BCUT2D eigenvalue weighted by Crippen LogP contribution is -2.10. The number of carbonyl (C=O) groups excluding carboxylic acids is 1. The average Bonchev–Trinajstić information content (AvgIpc) is 2.95. The van der Waals surface area contributed by atoms with Gasteiger partial charge in [-0.2, -0.15) is 0 Å². The lowest BCUT2D eigenvalue weighted by atomic mass is 10.3. The molecule has 0 spiro atoms. The summed E-state index contributed by atoms with van der Waals surface area (Å²) < 4.78 is 6.89. The number of imidazole rings is 1. The maximum atomic E-state index is 11.7. The summed E-state index contributed by atoms with van der Waals surface area (Å²) in [5.41, 5.74) is 8.99. The number of nitrogen functional groups attached to an aromatic ring is 1. The molecule has 0 bridgehead atoms. The Balaban J connectivity index is 1.71. The molecule has 0 radical (unpaired) electrons. The number of anilines is 1. The zero-order chi connectivity index (χ0) is 17.1. The number of thioether (sulfide) groups is 1. The molecule has 0 aliphatic heterocycles. The zero-order valence-electron chi connectivity index (χ0n) is 13.4. The maximum Gasteiger partial charge on any atom is 0.343 e. The van der Waals surface area contributed by atoms with Crippen LogP contribution in [0, 0.1) is 6.92 Å². The number of hydrogen-bond acceptors (Lipinski definition) is 7. The molecule has 0 saturated heterocycles. The van der Waals surface area contributed by atoms with E-state index in [1.165, 1.54) is 23.5 Å². The second kappa shape index (κ2) is 6.88. The van der Waals surface area contributed by atoms with Crippen molar-refractivity contribution < 1.29 is 9.53 Å². The monoisotopic (exact) mass is 343 g/mol. The van der Waals surface area contributed by atoms with E-state index in [9.17, 15) is 4.79 Å². The second-order valence-corrected chi connectivity index (χ2v) is 6.11. The molecule has 3 heterocycles. The molecule has 2 N–H and O–H groups in total. The van der Waals surface area contributed by atoms with Gasteiger partial charge < -0.3 is 14.9 Å². The van der Waals surface area contributed by atoms with Gasteiger partial charge in [-0.3, -0.25) is 0 Å². The first-order chi connectivity index (χ1) is 11.6. The number of esters is 1. The van der Waals surface area contributed by atoms with E-state index in [0.29, 0.717) is 10.9 Å². The van der Waals surface area contributed by atoms with Crippen LogP contribution in [0.1, 0.15) is 28.5 Å². The van der Waals surface area contributed by atoms with Crippen LogP contribution < -0.4 is 5.73 Å². The minimum atomic E-state index is -0.512. The minimum Gasteiger partial charge on any atom is -0.462 e. The van der Waals surface area contributed by atoms with Crippen molar-refractivity contribution in [2.24, 2.45) is 0 Å². The van der Waals surface area contributed by atoms with Crippen LogP contribution in [0.5, 0.6) is 0 Å². The quantitative estimate of drug-likeness (QED) is 0.432. The summed E-state index contributed by atoms with van der Waals surface area (Å²) in [6, 6.07) is 4.00. The van der Waals surface area contributed by atoms with Gasteiger partial charge in [-0.05, 0) is 25.5 Å². The normalized spacial score (nSPS) is 10.9. The molecular weight excluding hydrogens is 326 g/mol. The molecule has 8 heteroatoms. The van der Waals surface area contributed by atoms with Gasteiger partial charge in [0.15, 0.2) is 5.16 Å². The third-order valence-corrected chi connectivity index (χ3v) is 4.18. The van der Waals surface area contributed by atoms with Crippen molar-refractivity contribution in [3.8, 4) is 0 Å². The van der Waals surface area contributed by atoms with E-state index >= 15 is 0 Å². The topological polar surface area (TPSA) is 95.4 Å². The molecule has 24 heavy (non-hydrogen) atoms. The second-order valence-electron chi connectivity index (χ2n) is 5.16. The summed E-state index contributed by atoms with van der Waals surface area (Å²) in [6.45, 7) is 4.05. The molecule has 0 saturated carbocycles. The number of aryl methyl sites for hydroxylation is 1. The Bertz CT molecular complexity index is 893. The summed E-state index contributed by atoms with van der Waals surface area (Å²) in [7, 11) is 0. The predicted molar refractivity (Wildman–Crippen MR) is 91.9 cm³/mol. The first-order valence-electron chi connectivity index (χ1n) is 7.43. The molecule has 124 valence electrons. The highest BCUT2D eigenvalue weighted by Gasteiger charge is 2.14. The number of carbonyl (C=O) groups is 1. The molecule has 3 rings (SSSR count). The molecule has 0 amide bonds. The number of pyridine rings is 1. The van der Waals surface area contributed by atoms with Crippen LogP contribution in [-0.2, 0) is 10.5 Å². The molecule has 0 unspecified atom stereocenters. The van der Waals surface area contributed by atoms with Crippen LogP contribution >= 0.6 is 11.8 Å². The number of nitrogens with two attached hydrogens (primary N) is 1. The predicted octanol–water partition coefficient (Wildman–Crippen LogP) is 2.48. The van der Waals surface area contributed by atoms with E-state index < -0.39 is 5.97 Å². The van der Waals surface area contributed by atoms with Crippen molar-refractivity contribution in [2.75, 3.05) is 12.3 Å². The van der Waals surface area contributed by atoms with Gasteiger partial charge in [0.2, 0.25) is 0 Å². The summed E-state index contributed by atoms with van der Waals surface area (Å²) in [5, 5.41) is 0.494. The van der Waals surface area contributed by atoms with Crippen molar-refractivity contribution in [1.82, 2.24) is 19.4 Å². The Hall–Kier alpha value is -2.61. The van der Waals surface area contributed by atoms with E-state index in [2.05, 4.69) is 15.0 Å². The third-order valence-electron chi connectivity index (χ3n) is 3.29. The largest absolute Gasteiger partial charge is 0.462 e. The molecule has 3 aromatic rings. The highest BCUT2D eigenvalue weighted by molar-refractivity contribution is 7.98. The molecule has 7 nitrogen and oxygen atoms in total. The van der Waals surface area contributed by atoms with Crippen molar-refractivity contribution in [3.63, 3.8) is 0 Å². The Labute approximate surface area is 143 Å². The fraction of sp³-hybridized carbons (Fsp3) is 0.250. The zero-order valence-corrected chi connectivity index (χ0v) is 14.2. The number of nitrogens with zero attached hydrogens (tertiary/aromatic N) is 4. The fourth-order valence-corrected chi connectivity index (χ4v) is 2.88. The highest BCUT2D eigenvalue weighted by Crippen LogP contribution is 2.21. The highest BCUT2D eigenvalue weighted by atomic mass is 32.2. The van der Waals surface area contributed by atoms with Crippen LogP contribution in [0.15, 0.2) is 35.9 Å². The Morgan fingerprint density at radius 1 is 1.33 bits per heavy atom. The first kappa shape index (κ1) is 16.3. The van der Waals surface area contributed by atoms with Crippen LogP contribution in [-0.4, -0.2) is 31.9 Å². The van der Waals surface area contributed by atoms with E-state index in [0.717, 1.165) is 11.3 Å². The number of rotatable bonds is 5. The summed E-state index contributed by atoms with van der Waals surface area (Å²) in [4.78, 5) is 24.5. The minimum absolute atomic E-state index is 0.122. The van der Waals surface area contributed by atoms with Crippen LogP contribution in [0.25, 0.3) is 5.65 Å². The number of aromatic nitrogens is 4. The van der Waals surface area contributed by atoms with Gasteiger partial charge in [-0.25, -0.2) is 19.7 Å². The standard InChI is InChI=1S/C16H17N5O2S/c1-3-23-15(22)12-6-18-16(20-14(12)17)24-9-11-8-21-7-10(2)4-5-13(21)19-11/h4-8H,3,9H2,1-2H3,(H2,17,18,20). The number of fused-ring (bicyclic) bond motifs is 1. The molecule has 3 aromatic heterocycles. The van der Waals surface area contributed by atoms with E-state index in [1.54, 1.807) is 6.92 Å². The summed E-state index contributed by atoms with van der Waals surface area (Å²) >= 11 is 1.41. The van der Waals surface area contributed by atoms with Crippen molar-refractivity contribution in [3.05, 3.63) is 47.5 Å². The average molecular weight is 343 g/mol. The van der Waals surface area contributed by atoms with Crippen molar-refractivity contribution >= 4 is 29.2 Å². The van der Waals surface area contributed by atoms with Gasteiger partial charge in [-0.15, -0.1) is 0 Å². The van der Waals surface area contributed by atoms with E-state index in [1.807, 2.05) is 35.9 Å². The van der Waals surface area contributed by atoms with Gasteiger partial charge in [0, 0.05) is 24.3 Å². The molecular formula is C16H17N5O2S. The number of hydrogen-bond donors (Lipinski definition) is 1. The Morgan fingerprint density at radius 2 is 2.17 bits per heavy atom. The van der Waals surface area contributed by atoms with Gasteiger partial charge in [-0.1, -0.05) is 17.8 Å². The van der Waals surface area contributed by atoms with Crippen LogP contribution in [0.4, 0.5) is 5.82 Å². The third kappa shape index (κ3) is 3.48.